The summed E-state index contributed by atoms with van der Waals surface area (Å²) in [5.41, 5.74) is 12.0. The molecule has 1 aliphatic rings. The van der Waals surface area contributed by atoms with Gasteiger partial charge in [0.25, 0.3) is 0 Å². The normalized spacial score (nSPS) is 15.9. The summed E-state index contributed by atoms with van der Waals surface area (Å²) in [5.74, 6) is 0. The van der Waals surface area contributed by atoms with Crippen LogP contribution in [0.25, 0.3) is 11.6 Å². The van der Waals surface area contributed by atoms with E-state index in [9.17, 15) is 0 Å². The second kappa shape index (κ2) is 4.62. The van der Waals surface area contributed by atoms with Crippen molar-refractivity contribution in [2.24, 2.45) is 0 Å². The van der Waals surface area contributed by atoms with Crippen LogP contribution in [0, 0.1) is 0 Å². The van der Waals surface area contributed by atoms with Crippen LogP contribution in [0.5, 0.6) is 0 Å². The number of nitrogens with two attached hydrogens (primary N) is 1. The predicted octanol–water partition coefficient (Wildman–Crippen LogP) is 4.52. The molecular formula is C16H14BrN. The molecule has 0 atom stereocenters. The molecule has 2 aromatic carbocycles. The van der Waals surface area contributed by atoms with Crippen LogP contribution in [0.2, 0.25) is 0 Å². The number of nitrogen functional groups attached to an aromatic ring is 1. The molecule has 0 fully saturated rings. The zero-order valence-corrected chi connectivity index (χ0v) is 11.6. The van der Waals surface area contributed by atoms with Crippen molar-refractivity contribution in [2.45, 2.75) is 12.8 Å². The number of fused-ring (bicyclic) bond motifs is 1. The molecule has 0 saturated carbocycles. The zero-order valence-electron chi connectivity index (χ0n) is 9.99. The average Bonchev–Trinajstić information content (AvgIpc) is 2.72. The molecule has 0 aromatic heterocycles. The van der Waals surface area contributed by atoms with Gasteiger partial charge in [0.15, 0.2) is 0 Å². The Kier molecular flexibility index (Phi) is 2.96. The number of halogens is 1. The van der Waals surface area contributed by atoms with Crippen molar-refractivity contribution in [2.75, 3.05) is 5.73 Å². The average molecular weight is 300 g/mol. The number of anilines is 1. The van der Waals surface area contributed by atoms with Crippen LogP contribution < -0.4 is 5.73 Å². The fourth-order valence-electron chi connectivity index (χ4n) is 2.49. The molecule has 0 radical (unpaired) electrons. The second-order valence-corrected chi connectivity index (χ2v) is 5.56. The second-order valence-electron chi connectivity index (χ2n) is 4.64. The molecule has 0 spiro atoms. The molecule has 2 aromatic rings. The maximum absolute atomic E-state index is 5.82. The minimum atomic E-state index is 0.859. The summed E-state index contributed by atoms with van der Waals surface area (Å²) in [6.45, 7) is 0. The maximum Gasteiger partial charge on any atom is 0.0317 e. The minimum Gasteiger partial charge on any atom is -0.399 e. The van der Waals surface area contributed by atoms with Gasteiger partial charge in [-0.2, -0.15) is 0 Å². The third-order valence-corrected chi connectivity index (χ3v) is 3.82. The summed E-state index contributed by atoms with van der Waals surface area (Å²) >= 11 is 3.51. The highest BCUT2D eigenvalue weighted by Crippen LogP contribution is 2.34. The Morgan fingerprint density at radius 1 is 1.06 bits per heavy atom. The Morgan fingerprint density at radius 2 is 1.94 bits per heavy atom. The lowest BCUT2D eigenvalue weighted by atomic mass is 10.0. The first kappa shape index (κ1) is 11.5. The number of rotatable bonds is 1. The van der Waals surface area contributed by atoms with Crippen LogP contribution in [-0.4, -0.2) is 0 Å². The van der Waals surface area contributed by atoms with Crippen molar-refractivity contribution in [1.82, 2.24) is 0 Å². The van der Waals surface area contributed by atoms with Crippen LogP contribution in [0.15, 0.2) is 46.9 Å². The van der Waals surface area contributed by atoms with E-state index in [4.69, 9.17) is 5.73 Å². The van der Waals surface area contributed by atoms with Crippen LogP contribution in [-0.2, 0) is 6.42 Å². The highest BCUT2D eigenvalue weighted by atomic mass is 79.9. The highest BCUT2D eigenvalue weighted by Gasteiger charge is 2.15. The summed E-state index contributed by atoms with van der Waals surface area (Å²) in [6.07, 6.45) is 4.47. The van der Waals surface area contributed by atoms with Gasteiger partial charge in [-0.1, -0.05) is 40.2 Å². The van der Waals surface area contributed by atoms with Gasteiger partial charge < -0.3 is 5.73 Å². The third-order valence-electron chi connectivity index (χ3n) is 3.33. The van der Waals surface area contributed by atoms with E-state index in [-0.39, 0.29) is 0 Å². The summed E-state index contributed by atoms with van der Waals surface area (Å²) < 4.78 is 1.12. The standard InChI is InChI=1S/C16H14BrN/c17-14-3-1-2-11(9-14)8-12-4-5-13-10-15(18)6-7-16(12)13/h1-3,6-10H,4-5,18H2. The Balaban J connectivity index is 2.01. The molecule has 0 heterocycles. The van der Waals surface area contributed by atoms with Crippen molar-refractivity contribution >= 4 is 33.3 Å². The van der Waals surface area contributed by atoms with Gasteiger partial charge in [0, 0.05) is 10.2 Å². The molecule has 2 N–H and O–H groups in total. The van der Waals surface area contributed by atoms with Gasteiger partial charge in [0.1, 0.15) is 0 Å². The first-order chi connectivity index (χ1) is 8.72. The monoisotopic (exact) mass is 299 g/mol. The fraction of sp³-hybridized carbons (Fsp3) is 0.125. The van der Waals surface area contributed by atoms with Gasteiger partial charge in [0.05, 0.1) is 0 Å². The van der Waals surface area contributed by atoms with E-state index in [0.717, 1.165) is 23.0 Å². The molecule has 1 nitrogen and oxygen atoms in total. The van der Waals surface area contributed by atoms with Gasteiger partial charge in [-0.25, -0.2) is 0 Å². The van der Waals surface area contributed by atoms with Crippen LogP contribution in [0.4, 0.5) is 5.69 Å². The topological polar surface area (TPSA) is 26.0 Å². The van der Waals surface area contributed by atoms with Crippen molar-refractivity contribution in [3.8, 4) is 0 Å². The summed E-state index contributed by atoms with van der Waals surface area (Å²) in [7, 11) is 0. The lowest BCUT2D eigenvalue weighted by Crippen LogP contribution is -1.87. The highest BCUT2D eigenvalue weighted by molar-refractivity contribution is 9.10. The molecule has 18 heavy (non-hydrogen) atoms. The minimum absolute atomic E-state index is 0.859. The maximum atomic E-state index is 5.82. The lowest BCUT2D eigenvalue weighted by Gasteiger charge is -2.03. The molecule has 2 heteroatoms. The molecule has 0 bridgehead atoms. The van der Waals surface area contributed by atoms with Gasteiger partial charge in [-0.15, -0.1) is 0 Å². The van der Waals surface area contributed by atoms with E-state index in [1.807, 2.05) is 12.1 Å². The Bertz CT molecular complexity index is 629. The largest absolute Gasteiger partial charge is 0.399 e. The molecule has 90 valence electrons. The third kappa shape index (κ3) is 2.21. The van der Waals surface area contributed by atoms with Crippen molar-refractivity contribution in [3.05, 3.63) is 63.6 Å². The van der Waals surface area contributed by atoms with Gasteiger partial charge >= 0.3 is 0 Å². The van der Waals surface area contributed by atoms with Crippen LogP contribution >= 0.6 is 15.9 Å². The first-order valence-electron chi connectivity index (χ1n) is 6.07. The predicted molar refractivity (Wildman–Crippen MR) is 81.2 cm³/mol. The van der Waals surface area contributed by atoms with Crippen LogP contribution in [0.1, 0.15) is 23.1 Å². The Morgan fingerprint density at radius 3 is 2.78 bits per heavy atom. The Labute approximate surface area is 115 Å². The summed E-state index contributed by atoms with van der Waals surface area (Å²) in [5, 5.41) is 0. The molecule has 1 aliphatic carbocycles. The van der Waals surface area contributed by atoms with Gasteiger partial charge in [-0.3, -0.25) is 0 Å². The summed E-state index contributed by atoms with van der Waals surface area (Å²) in [4.78, 5) is 0. The number of benzene rings is 2. The van der Waals surface area contributed by atoms with Gasteiger partial charge in [-0.05, 0) is 59.4 Å². The van der Waals surface area contributed by atoms with E-state index in [1.54, 1.807) is 0 Å². The van der Waals surface area contributed by atoms with Crippen LogP contribution in [0.3, 0.4) is 0 Å². The lowest BCUT2D eigenvalue weighted by molar-refractivity contribution is 1.08. The molecular weight excluding hydrogens is 286 g/mol. The smallest absolute Gasteiger partial charge is 0.0317 e. The Hall–Kier alpha value is -1.54. The number of hydrogen-bond acceptors (Lipinski definition) is 1. The van der Waals surface area contributed by atoms with Crippen molar-refractivity contribution in [1.29, 1.82) is 0 Å². The van der Waals surface area contributed by atoms with Gasteiger partial charge in [0.2, 0.25) is 0 Å². The van der Waals surface area contributed by atoms with E-state index in [1.165, 1.54) is 22.3 Å². The number of hydrogen-bond donors (Lipinski definition) is 1. The summed E-state index contributed by atoms with van der Waals surface area (Å²) in [6, 6.07) is 14.6. The molecule has 0 unspecified atom stereocenters. The van der Waals surface area contributed by atoms with E-state index < -0.39 is 0 Å². The van der Waals surface area contributed by atoms with Crippen molar-refractivity contribution < 1.29 is 0 Å². The molecule has 3 rings (SSSR count). The SMILES string of the molecule is Nc1ccc2c(c1)CCC2=Cc1cccc(Br)c1. The van der Waals surface area contributed by atoms with Crippen molar-refractivity contribution in [3.63, 3.8) is 0 Å². The van der Waals surface area contributed by atoms with E-state index in [2.05, 4.69) is 52.3 Å². The first-order valence-corrected chi connectivity index (χ1v) is 6.86. The number of aryl methyl sites for hydroxylation is 1. The zero-order chi connectivity index (χ0) is 12.5. The van der Waals surface area contributed by atoms with E-state index >= 15 is 0 Å². The molecule has 0 saturated heterocycles. The number of allylic oxidation sites excluding steroid dienone is 1. The molecule has 0 amide bonds. The molecule has 0 aliphatic heterocycles. The van der Waals surface area contributed by atoms with E-state index in [0.29, 0.717) is 0 Å². The quantitative estimate of drug-likeness (QED) is 0.770. The fourth-order valence-corrected chi connectivity index (χ4v) is 2.90.